The van der Waals surface area contributed by atoms with E-state index in [1.165, 1.54) is 11.3 Å². The first-order chi connectivity index (χ1) is 16.0. The fraction of sp³-hybridized carbons (Fsp3) is 0.478. The van der Waals surface area contributed by atoms with Crippen LogP contribution in [0.4, 0.5) is 5.00 Å². The predicted octanol–water partition coefficient (Wildman–Crippen LogP) is 3.83. The fourth-order valence-corrected chi connectivity index (χ4v) is 5.66. The van der Waals surface area contributed by atoms with Crippen molar-refractivity contribution in [3.8, 4) is 27.7 Å². The Kier molecular flexibility index (Phi) is 5.79. The molecule has 4 aromatic rings. The van der Waals surface area contributed by atoms with Gasteiger partial charge in [-0.25, -0.2) is 14.5 Å². The van der Waals surface area contributed by atoms with Gasteiger partial charge in [-0.05, 0) is 25.5 Å². The van der Waals surface area contributed by atoms with Crippen molar-refractivity contribution in [2.45, 2.75) is 33.6 Å². The molecule has 1 N–H and O–H groups in total. The number of aromatic amines is 1. The lowest BCUT2D eigenvalue weighted by atomic mass is 9.97. The summed E-state index contributed by atoms with van der Waals surface area (Å²) in [7, 11) is 1.65. The standard InChI is InChI=1S/C23H30N8OS/c1-6-29-7-9-30(10-8-29)23-15(4)26-22(33-23)20-18(14(2)3)19(27-28-20)16-11-17(32-5)21-24-13-25-31(21)12-16/h11-14H,6-10H2,1-5H3,(H,27,28). The molecule has 5 rings (SSSR count). The highest BCUT2D eigenvalue weighted by Crippen LogP contribution is 2.41. The number of aromatic nitrogens is 6. The molecule has 0 aliphatic carbocycles. The molecule has 174 valence electrons. The van der Waals surface area contributed by atoms with E-state index in [4.69, 9.17) is 14.8 Å². The number of methoxy groups -OCH3 is 1. The van der Waals surface area contributed by atoms with Crippen LogP contribution in [0.3, 0.4) is 0 Å². The smallest absolute Gasteiger partial charge is 0.197 e. The fourth-order valence-electron chi connectivity index (χ4n) is 4.53. The third-order valence-electron chi connectivity index (χ3n) is 6.31. The Hall–Kier alpha value is -2.98. The summed E-state index contributed by atoms with van der Waals surface area (Å²) >= 11 is 1.75. The molecule has 0 bridgehead atoms. The number of aryl methyl sites for hydroxylation is 1. The summed E-state index contributed by atoms with van der Waals surface area (Å²) in [6.45, 7) is 14.1. The number of nitrogens with one attached hydrogen (secondary N) is 1. The second-order valence-corrected chi connectivity index (χ2v) is 9.65. The van der Waals surface area contributed by atoms with Crippen molar-refractivity contribution in [1.82, 2.24) is 34.7 Å². The summed E-state index contributed by atoms with van der Waals surface area (Å²) in [5, 5.41) is 14.6. The molecule has 0 radical (unpaired) electrons. The van der Waals surface area contributed by atoms with E-state index >= 15 is 0 Å². The van der Waals surface area contributed by atoms with Crippen LogP contribution in [0.2, 0.25) is 0 Å². The molecular weight excluding hydrogens is 436 g/mol. The van der Waals surface area contributed by atoms with Gasteiger partial charge in [0, 0.05) is 43.5 Å². The quantitative estimate of drug-likeness (QED) is 0.462. The van der Waals surface area contributed by atoms with Gasteiger partial charge in [0.2, 0.25) is 0 Å². The van der Waals surface area contributed by atoms with Crippen LogP contribution in [0.25, 0.3) is 27.6 Å². The lowest BCUT2D eigenvalue weighted by Crippen LogP contribution is -2.46. The van der Waals surface area contributed by atoms with E-state index in [9.17, 15) is 0 Å². The van der Waals surface area contributed by atoms with Gasteiger partial charge in [0.1, 0.15) is 16.3 Å². The number of ether oxygens (including phenoxy) is 1. The highest BCUT2D eigenvalue weighted by atomic mass is 32.1. The number of thiazole rings is 1. The minimum absolute atomic E-state index is 0.256. The van der Waals surface area contributed by atoms with Crippen LogP contribution >= 0.6 is 11.3 Å². The van der Waals surface area contributed by atoms with Gasteiger partial charge in [0.05, 0.1) is 24.2 Å². The lowest BCUT2D eigenvalue weighted by molar-refractivity contribution is 0.271. The molecule has 1 aliphatic rings. The molecule has 4 aromatic heterocycles. The van der Waals surface area contributed by atoms with Crippen LogP contribution in [0.15, 0.2) is 18.6 Å². The number of fused-ring (bicyclic) bond motifs is 1. The van der Waals surface area contributed by atoms with Crippen LogP contribution in [-0.2, 0) is 0 Å². The minimum Gasteiger partial charge on any atom is -0.493 e. The number of hydrogen-bond donors (Lipinski definition) is 1. The van der Waals surface area contributed by atoms with E-state index in [0.717, 1.165) is 65.9 Å². The number of hydrogen-bond acceptors (Lipinski definition) is 8. The predicted molar refractivity (Wildman–Crippen MR) is 131 cm³/mol. The molecule has 0 saturated carbocycles. The Morgan fingerprint density at radius 3 is 2.70 bits per heavy atom. The molecule has 0 unspecified atom stereocenters. The molecule has 33 heavy (non-hydrogen) atoms. The van der Waals surface area contributed by atoms with E-state index in [-0.39, 0.29) is 5.92 Å². The maximum Gasteiger partial charge on any atom is 0.197 e. The normalized spacial score (nSPS) is 15.2. The molecular formula is C23H30N8OS. The Labute approximate surface area is 197 Å². The maximum atomic E-state index is 5.56. The molecule has 0 atom stereocenters. The molecule has 1 saturated heterocycles. The number of H-pyrrole nitrogens is 1. The van der Waals surface area contributed by atoms with Gasteiger partial charge in [-0.1, -0.05) is 32.1 Å². The van der Waals surface area contributed by atoms with Crippen molar-refractivity contribution in [3.05, 3.63) is 29.8 Å². The van der Waals surface area contributed by atoms with E-state index in [0.29, 0.717) is 11.4 Å². The first-order valence-electron chi connectivity index (χ1n) is 11.4. The Morgan fingerprint density at radius 2 is 2.00 bits per heavy atom. The number of likely N-dealkylation sites (N-methyl/N-ethyl adjacent to an activating group) is 1. The van der Waals surface area contributed by atoms with E-state index in [2.05, 4.69) is 52.7 Å². The summed E-state index contributed by atoms with van der Waals surface area (Å²) in [5.41, 5.74) is 5.72. The molecule has 1 fully saturated rings. The summed E-state index contributed by atoms with van der Waals surface area (Å²) in [6, 6.07) is 1.97. The van der Waals surface area contributed by atoms with Crippen LogP contribution < -0.4 is 9.64 Å². The van der Waals surface area contributed by atoms with Gasteiger partial charge in [-0.3, -0.25) is 5.10 Å². The zero-order chi connectivity index (χ0) is 23.1. The lowest BCUT2D eigenvalue weighted by Gasteiger charge is -2.34. The van der Waals surface area contributed by atoms with Gasteiger partial charge in [0.15, 0.2) is 11.4 Å². The minimum atomic E-state index is 0.256. The Morgan fingerprint density at radius 1 is 1.21 bits per heavy atom. The summed E-state index contributed by atoms with van der Waals surface area (Å²) in [5.74, 6) is 0.926. The van der Waals surface area contributed by atoms with Gasteiger partial charge in [-0.15, -0.1) is 0 Å². The first-order valence-corrected chi connectivity index (χ1v) is 12.2. The summed E-state index contributed by atoms with van der Waals surface area (Å²) in [6.07, 6.45) is 3.48. The van der Waals surface area contributed by atoms with Crippen LogP contribution in [0, 0.1) is 6.92 Å². The zero-order valence-corrected chi connectivity index (χ0v) is 20.6. The highest BCUT2D eigenvalue weighted by molar-refractivity contribution is 7.19. The number of rotatable bonds is 6. The molecule has 0 spiro atoms. The van der Waals surface area contributed by atoms with Gasteiger partial charge >= 0.3 is 0 Å². The van der Waals surface area contributed by atoms with Crippen LogP contribution in [0.5, 0.6) is 5.75 Å². The van der Waals surface area contributed by atoms with Crippen molar-refractivity contribution in [2.75, 3.05) is 44.7 Å². The van der Waals surface area contributed by atoms with Gasteiger partial charge in [-0.2, -0.15) is 10.2 Å². The van der Waals surface area contributed by atoms with E-state index in [1.807, 2.05) is 12.3 Å². The van der Waals surface area contributed by atoms with Gasteiger partial charge in [0.25, 0.3) is 0 Å². The molecule has 0 amide bonds. The average Bonchev–Trinajstić information content (AvgIpc) is 3.56. The monoisotopic (exact) mass is 466 g/mol. The third kappa shape index (κ3) is 3.87. The topological polar surface area (TPSA) is 87.5 Å². The van der Waals surface area contributed by atoms with Gasteiger partial charge < -0.3 is 14.5 Å². The number of piperazine rings is 1. The second kappa shape index (κ2) is 8.75. The Bertz CT molecular complexity index is 1260. The summed E-state index contributed by atoms with van der Waals surface area (Å²) < 4.78 is 7.29. The SMILES string of the molecule is CCN1CCN(c2sc(-c3[nH]nc(-c4cc(OC)c5ncnn5c4)c3C(C)C)nc2C)CC1. The highest BCUT2D eigenvalue weighted by Gasteiger charge is 2.25. The first kappa shape index (κ1) is 21.8. The van der Waals surface area contributed by atoms with Crippen LogP contribution in [0.1, 0.15) is 37.9 Å². The number of pyridine rings is 1. The Balaban J connectivity index is 1.54. The number of nitrogens with zero attached hydrogens (tertiary/aromatic N) is 7. The molecule has 9 nitrogen and oxygen atoms in total. The average molecular weight is 467 g/mol. The van der Waals surface area contributed by atoms with Crippen molar-refractivity contribution >= 4 is 22.0 Å². The second-order valence-electron chi connectivity index (χ2n) is 8.67. The van der Waals surface area contributed by atoms with Crippen molar-refractivity contribution in [2.24, 2.45) is 0 Å². The van der Waals surface area contributed by atoms with Crippen LogP contribution in [-0.4, -0.2) is 74.5 Å². The number of anilines is 1. The van der Waals surface area contributed by atoms with E-state index in [1.54, 1.807) is 23.0 Å². The largest absolute Gasteiger partial charge is 0.493 e. The molecule has 0 aromatic carbocycles. The molecule has 1 aliphatic heterocycles. The summed E-state index contributed by atoms with van der Waals surface area (Å²) in [4.78, 5) is 14.2. The maximum absolute atomic E-state index is 5.56. The van der Waals surface area contributed by atoms with Crippen molar-refractivity contribution in [3.63, 3.8) is 0 Å². The molecule has 5 heterocycles. The molecule has 10 heteroatoms. The zero-order valence-electron chi connectivity index (χ0n) is 19.8. The van der Waals surface area contributed by atoms with Crippen molar-refractivity contribution in [1.29, 1.82) is 0 Å². The van der Waals surface area contributed by atoms with Crippen molar-refractivity contribution < 1.29 is 4.74 Å². The van der Waals surface area contributed by atoms with E-state index < -0.39 is 0 Å². The third-order valence-corrected chi connectivity index (χ3v) is 7.54.